The molecule has 1 fully saturated rings. The molecule has 100 valence electrons. The summed E-state index contributed by atoms with van der Waals surface area (Å²) >= 11 is 0. The van der Waals surface area contributed by atoms with Gasteiger partial charge in [-0.3, -0.25) is 0 Å². The number of rotatable bonds is 4. The number of hydrogen-bond acceptors (Lipinski definition) is 3. The van der Waals surface area contributed by atoms with Gasteiger partial charge in [0.05, 0.1) is 6.61 Å². The molecule has 1 rings (SSSR count). The van der Waals surface area contributed by atoms with Crippen molar-refractivity contribution < 1.29 is 4.74 Å². The Balaban J connectivity index is 0. The van der Waals surface area contributed by atoms with Crippen molar-refractivity contribution >= 4 is 0 Å². The van der Waals surface area contributed by atoms with Crippen LogP contribution in [0.5, 0.6) is 0 Å². The Morgan fingerprint density at radius 2 is 1.62 bits per heavy atom. The molecule has 0 unspecified atom stereocenters. The average Bonchev–Trinajstić information content (AvgIpc) is 2.41. The molecule has 0 saturated carbocycles. The summed E-state index contributed by atoms with van der Waals surface area (Å²) in [5.41, 5.74) is 0. The predicted octanol–water partition coefficient (Wildman–Crippen LogP) is 2.37. The summed E-state index contributed by atoms with van der Waals surface area (Å²) in [5, 5.41) is 3.32. The maximum Gasteiger partial charge on any atom is 0.0589 e. The van der Waals surface area contributed by atoms with Gasteiger partial charge in [-0.1, -0.05) is 27.7 Å². The third-order valence-electron chi connectivity index (χ3n) is 2.61. The first kappa shape index (κ1) is 18.3. The lowest BCUT2D eigenvalue weighted by Crippen LogP contribution is -2.42. The van der Waals surface area contributed by atoms with Crippen molar-refractivity contribution in [3.8, 4) is 0 Å². The summed E-state index contributed by atoms with van der Waals surface area (Å²) < 4.78 is 5.04. The van der Waals surface area contributed by atoms with Gasteiger partial charge in [0, 0.05) is 19.7 Å². The van der Waals surface area contributed by atoms with E-state index in [-0.39, 0.29) is 0 Å². The number of hydrogen-bond donors (Lipinski definition) is 1. The topological polar surface area (TPSA) is 24.5 Å². The Labute approximate surface area is 103 Å². The number of likely N-dealkylation sites (tertiary alicyclic amines) is 1. The predicted molar refractivity (Wildman–Crippen MR) is 73.1 cm³/mol. The lowest BCUT2D eigenvalue weighted by molar-refractivity contribution is 0.127. The highest BCUT2D eigenvalue weighted by atomic mass is 16.5. The van der Waals surface area contributed by atoms with Crippen LogP contribution in [0.4, 0.5) is 0 Å². The van der Waals surface area contributed by atoms with Crippen molar-refractivity contribution in [2.45, 2.75) is 46.6 Å². The van der Waals surface area contributed by atoms with Crippen molar-refractivity contribution in [1.82, 2.24) is 10.2 Å². The molecule has 0 bridgehead atoms. The van der Waals surface area contributed by atoms with Crippen LogP contribution in [0.25, 0.3) is 0 Å². The van der Waals surface area contributed by atoms with Crippen LogP contribution < -0.4 is 5.32 Å². The first-order chi connectivity index (χ1) is 7.86. The molecule has 3 nitrogen and oxygen atoms in total. The molecule has 0 aromatic heterocycles. The lowest BCUT2D eigenvalue weighted by Gasteiger charge is -2.31. The molecule has 3 heteroatoms. The van der Waals surface area contributed by atoms with Crippen LogP contribution in [0.3, 0.4) is 0 Å². The maximum absolute atomic E-state index is 5.04. The Morgan fingerprint density at radius 3 is 2.00 bits per heavy atom. The number of methoxy groups -OCH3 is 1. The third-order valence-corrected chi connectivity index (χ3v) is 2.61. The van der Waals surface area contributed by atoms with Gasteiger partial charge in [-0.05, 0) is 33.0 Å². The molecular weight excluding hydrogens is 200 g/mol. The standard InChI is InChI=1S/C9H20N2O.2C2H6/c1-10-9-3-5-11(6-4-9)7-8-12-2;2*1-2/h9-10H,3-8H2,1-2H3;2*1-2H3. The zero-order valence-corrected chi connectivity index (χ0v) is 12.2. The van der Waals surface area contributed by atoms with Gasteiger partial charge in [-0.2, -0.15) is 0 Å². The van der Waals surface area contributed by atoms with E-state index in [1.807, 2.05) is 27.7 Å². The van der Waals surface area contributed by atoms with Crippen molar-refractivity contribution in [1.29, 1.82) is 0 Å². The van der Waals surface area contributed by atoms with E-state index >= 15 is 0 Å². The van der Waals surface area contributed by atoms with E-state index in [2.05, 4.69) is 17.3 Å². The number of piperidine rings is 1. The van der Waals surface area contributed by atoms with Crippen LogP contribution in [0.2, 0.25) is 0 Å². The Bertz CT molecular complexity index is 113. The fraction of sp³-hybridized carbons (Fsp3) is 1.00. The van der Waals surface area contributed by atoms with Crippen LogP contribution in [0.15, 0.2) is 0 Å². The molecule has 0 amide bonds. The van der Waals surface area contributed by atoms with E-state index in [4.69, 9.17) is 4.74 Å². The molecule has 1 heterocycles. The smallest absolute Gasteiger partial charge is 0.0589 e. The van der Waals surface area contributed by atoms with Crippen molar-refractivity contribution in [2.24, 2.45) is 0 Å². The van der Waals surface area contributed by atoms with Crippen LogP contribution >= 0.6 is 0 Å². The van der Waals surface area contributed by atoms with Gasteiger partial charge < -0.3 is 15.0 Å². The van der Waals surface area contributed by atoms with Crippen molar-refractivity contribution in [3.63, 3.8) is 0 Å². The van der Waals surface area contributed by atoms with Crippen LogP contribution in [-0.2, 0) is 4.74 Å². The number of nitrogens with one attached hydrogen (secondary N) is 1. The molecule has 0 aromatic carbocycles. The highest BCUT2D eigenvalue weighted by molar-refractivity contribution is 4.75. The molecular formula is C13H32N2O. The summed E-state index contributed by atoms with van der Waals surface area (Å²) in [4.78, 5) is 2.47. The van der Waals surface area contributed by atoms with Crippen molar-refractivity contribution in [3.05, 3.63) is 0 Å². The van der Waals surface area contributed by atoms with Gasteiger partial charge in [-0.25, -0.2) is 0 Å². The second-order valence-corrected chi connectivity index (χ2v) is 3.40. The van der Waals surface area contributed by atoms with E-state index in [0.717, 1.165) is 19.2 Å². The largest absolute Gasteiger partial charge is 0.383 e. The summed E-state index contributed by atoms with van der Waals surface area (Å²) in [6.07, 6.45) is 2.56. The van der Waals surface area contributed by atoms with E-state index in [1.54, 1.807) is 7.11 Å². The molecule has 0 radical (unpaired) electrons. The molecule has 1 N–H and O–H groups in total. The molecule has 1 aliphatic rings. The Hall–Kier alpha value is -0.120. The zero-order chi connectivity index (χ0) is 12.8. The number of nitrogens with zero attached hydrogens (tertiary/aromatic N) is 1. The Morgan fingerprint density at radius 1 is 1.12 bits per heavy atom. The molecule has 0 aliphatic carbocycles. The van der Waals surface area contributed by atoms with Gasteiger partial charge in [0.25, 0.3) is 0 Å². The van der Waals surface area contributed by atoms with Crippen LogP contribution in [0, 0.1) is 0 Å². The van der Waals surface area contributed by atoms with Gasteiger partial charge in [-0.15, -0.1) is 0 Å². The summed E-state index contributed by atoms with van der Waals surface area (Å²) in [5.74, 6) is 0. The summed E-state index contributed by atoms with van der Waals surface area (Å²) in [7, 11) is 3.82. The van der Waals surface area contributed by atoms with Crippen molar-refractivity contribution in [2.75, 3.05) is 40.4 Å². The molecule has 0 spiro atoms. The molecule has 1 aliphatic heterocycles. The quantitative estimate of drug-likeness (QED) is 0.805. The van der Waals surface area contributed by atoms with Gasteiger partial charge >= 0.3 is 0 Å². The molecule has 0 atom stereocenters. The second kappa shape index (κ2) is 14.9. The monoisotopic (exact) mass is 232 g/mol. The fourth-order valence-electron chi connectivity index (χ4n) is 1.67. The minimum atomic E-state index is 0.740. The highest BCUT2D eigenvalue weighted by Crippen LogP contribution is 2.08. The summed E-state index contributed by atoms with van der Waals surface area (Å²) in [6.45, 7) is 12.4. The first-order valence-electron chi connectivity index (χ1n) is 6.75. The molecule has 0 aromatic rings. The van der Waals surface area contributed by atoms with Gasteiger partial charge in [0.15, 0.2) is 0 Å². The minimum absolute atomic E-state index is 0.740. The third kappa shape index (κ3) is 9.13. The second-order valence-electron chi connectivity index (χ2n) is 3.40. The highest BCUT2D eigenvalue weighted by Gasteiger charge is 2.16. The molecule has 16 heavy (non-hydrogen) atoms. The maximum atomic E-state index is 5.04. The van der Waals surface area contributed by atoms with Crippen LogP contribution in [-0.4, -0.2) is 51.3 Å². The lowest BCUT2D eigenvalue weighted by atomic mass is 10.1. The zero-order valence-electron chi connectivity index (χ0n) is 12.2. The minimum Gasteiger partial charge on any atom is -0.383 e. The Kier molecular flexibility index (Phi) is 17.0. The van der Waals surface area contributed by atoms with Gasteiger partial charge in [0.1, 0.15) is 0 Å². The molecule has 1 saturated heterocycles. The SMILES string of the molecule is CC.CC.CNC1CCN(CCOC)CC1. The van der Waals surface area contributed by atoms with Crippen LogP contribution in [0.1, 0.15) is 40.5 Å². The van der Waals surface area contributed by atoms with E-state index in [9.17, 15) is 0 Å². The van der Waals surface area contributed by atoms with Gasteiger partial charge in [0.2, 0.25) is 0 Å². The normalized spacial score (nSPS) is 16.9. The average molecular weight is 232 g/mol. The van der Waals surface area contributed by atoms with E-state index < -0.39 is 0 Å². The first-order valence-corrected chi connectivity index (χ1v) is 6.75. The number of ether oxygens (including phenoxy) is 1. The van der Waals surface area contributed by atoms with E-state index in [0.29, 0.717) is 0 Å². The summed E-state index contributed by atoms with van der Waals surface area (Å²) in [6, 6.07) is 0.740. The fourth-order valence-corrected chi connectivity index (χ4v) is 1.67. The van der Waals surface area contributed by atoms with E-state index in [1.165, 1.54) is 25.9 Å².